The number of hydrogen-bond donors (Lipinski definition) is 2. The first-order valence-electron chi connectivity index (χ1n) is 5.64. The van der Waals surface area contributed by atoms with E-state index in [4.69, 9.17) is 28.9 Å². The zero-order valence-corrected chi connectivity index (χ0v) is 12.9. The molecule has 2 aromatic carbocycles. The van der Waals surface area contributed by atoms with Gasteiger partial charge in [-0.05, 0) is 36.8 Å². The molecule has 0 bridgehead atoms. The number of aryl methyl sites for hydroxylation is 1. The molecule has 4 nitrogen and oxygen atoms in total. The van der Waals surface area contributed by atoms with Crippen LogP contribution in [0.2, 0.25) is 10.0 Å². The minimum absolute atomic E-state index is 0.0603. The second kappa shape index (κ2) is 5.52. The average molecular weight is 331 g/mol. The van der Waals surface area contributed by atoms with Gasteiger partial charge in [0.15, 0.2) is 0 Å². The molecule has 0 aliphatic heterocycles. The minimum Gasteiger partial charge on any atom is -0.398 e. The lowest BCUT2D eigenvalue weighted by Crippen LogP contribution is -2.14. The molecular weight excluding hydrogens is 319 g/mol. The topological polar surface area (TPSA) is 72.2 Å². The summed E-state index contributed by atoms with van der Waals surface area (Å²) in [5, 5.41) is 0.121. The van der Waals surface area contributed by atoms with E-state index < -0.39 is 10.0 Å². The van der Waals surface area contributed by atoms with Gasteiger partial charge in [0.1, 0.15) is 4.90 Å². The maximum atomic E-state index is 12.3. The molecule has 0 unspecified atom stereocenters. The van der Waals surface area contributed by atoms with Gasteiger partial charge in [-0.25, -0.2) is 8.42 Å². The molecule has 0 aromatic heterocycles. The average Bonchev–Trinajstić information content (AvgIpc) is 2.33. The van der Waals surface area contributed by atoms with Crippen molar-refractivity contribution in [3.8, 4) is 0 Å². The van der Waals surface area contributed by atoms with Gasteiger partial charge in [0.25, 0.3) is 10.0 Å². The molecular formula is C13H12Cl2N2O2S. The van der Waals surface area contributed by atoms with Crippen molar-refractivity contribution in [2.45, 2.75) is 11.8 Å². The number of nitrogen functional groups attached to an aromatic ring is 1. The summed E-state index contributed by atoms with van der Waals surface area (Å²) in [6.07, 6.45) is 0. The van der Waals surface area contributed by atoms with E-state index in [0.717, 1.165) is 5.56 Å². The molecule has 7 heteroatoms. The number of nitrogens with two attached hydrogens (primary N) is 1. The second-order valence-electron chi connectivity index (χ2n) is 4.23. The molecule has 0 spiro atoms. The smallest absolute Gasteiger partial charge is 0.264 e. The van der Waals surface area contributed by atoms with Crippen LogP contribution in [0.1, 0.15) is 5.56 Å². The zero-order chi connectivity index (χ0) is 14.9. The molecule has 3 N–H and O–H groups in total. The molecule has 106 valence electrons. The van der Waals surface area contributed by atoms with Gasteiger partial charge in [-0.2, -0.15) is 0 Å². The minimum atomic E-state index is -3.87. The maximum absolute atomic E-state index is 12.3. The first-order valence-corrected chi connectivity index (χ1v) is 7.88. The number of halogens is 2. The Kier molecular flexibility index (Phi) is 4.13. The Morgan fingerprint density at radius 1 is 1.10 bits per heavy atom. The van der Waals surface area contributed by atoms with Gasteiger partial charge in [-0.15, -0.1) is 0 Å². The van der Waals surface area contributed by atoms with Gasteiger partial charge < -0.3 is 5.73 Å². The summed E-state index contributed by atoms with van der Waals surface area (Å²) in [6, 6.07) is 9.39. The van der Waals surface area contributed by atoms with Gasteiger partial charge in [-0.3, -0.25) is 4.72 Å². The molecule has 2 rings (SSSR count). The third-order valence-corrected chi connectivity index (χ3v) is 5.05. The largest absolute Gasteiger partial charge is 0.398 e. The molecule has 2 aromatic rings. The zero-order valence-electron chi connectivity index (χ0n) is 10.5. The van der Waals surface area contributed by atoms with E-state index in [9.17, 15) is 8.42 Å². The van der Waals surface area contributed by atoms with Crippen LogP contribution in [0, 0.1) is 6.92 Å². The predicted octanol–water partition coefficient (Wildman–Crippen LogP) is 3.68. The molecule has 0 aliphatic rings. The number of benzene rings is 2. The van der Waals surface area contributed by atoms with E-state index in [0.29, 0.717) is 11.4 Å². The first kappa shape index (κ1) is 15.0. The molecule has 0 saturated heterocycles. The van der Waals surface area contributed by atoms with E-state index in [-0.39, 0.29) is 14.9 Å². The van der Waals surface area contributed by atoms with Crippen LogP contribution in [0.3, 0.4) is 0 Å². The van der Waals surface area contributed by atoms with Gasteiger partial charge in [0.2, 0.25) is 0 Å². The lowest BCUT2D eigenvalue weighted by atomic mass is 10.2. The highest BCUT2D eigenvalue weighted by Gasteiger charge is 2.21. The Bertz CT molecular complexity index is 741. The number of nitrogens with one attached hydrogen (secondary N) is 1. The summed E-state index contributed by atoms with van der Waals surface area (Å²) in [5.74, 6) is 0. The maximum Gasteiger partial charge on any atom is 0.264 e. The number of rotatable bonds is 3. The lowest BCUT2D eigenvalue weighted by molar-refractivity contribution is 0.601. The summed E-state index contributed by atoms with van der Waals surface area (Å²) in [5.41, 5.74) is 7.46. The Balaban J connectivity index is 2.43. The van der Waals surface area contributed by atoms with E-state index >= 15 is 0 Å². The van der Waals surface area contributed by atoms with Crippen LogP contribution in [-0.2, 0) is 10.0 Å². The van der Waals surface area contributed by atoms with Crippen LogP contribution in [-0.4, -0.2) is 8.42 Å². The van der Waals surface area contributed by atoms with Crippen LogP contribution >= 0.6 is 23.2 Å². The van der Waals surface area contributed by atoms with Crippen molar-refractivity contribution in [1.82, 2.24) is 0 Å². The monoisotopic (exact) mass is 330 g/mol. The molecule has 0 heterocycles. The summed E-state index contributed by atoms with van der Waals surface area (Å²) in [7, 11) is -3.87. The molecule has 0 atom stereocenters. The van der Waals surface area contributed by atoms with Gasteiger partial charge in [0.05, 0.1) is 15.7 Å². The third-order valence-electron chi connectivity index (χ3n) is 2.72. The van der Waals surface area contributed by atoms with E-state index in [2.05, 4.69) is 4.72 Å². The van der Waals surface area contributed by atoms with Crippen LogP contribution in [0.15, 0.2) is 41.3 Å². The summed E-state index contributed by atoms with van der Waals surface area (Å²) < 4.78 is 27.0. The van der Waals surface area contributed by atoms with Crippen LogP contribution in [0.5, 0.6) is 0 Å². The van der Waals surface area contributed by atoms with Crippen LogP contribution in [0.4, 0.5) is 11.4 Å². The molecule has 0 fully saturated rings. The summed E-state index contributed by atoms with van der Waals surface area (Å²) in [6.45, 7) is 1.83. The van der Waals surface area contributed by atoms with Gasteiger partial charge >= 0.3 is 0 Å². The fraction of sp³-hybridized carbons (Fsp3) is 0.0769. The predicted molar refractivity (Wildman–Crippen MR) is 82.9 cm³/mol. The van der Waals surface area contributed by atoms with Gasteiger partial charge in [-0.1, -0.05) is 35.3 Å². The van der Waals surface area contributed by atoms with Crippen LogP contribution < -0.4 is 10.5 Å². The standard InChI is InChI=1S/C13H12Cl2N2O2S/c1-8-5-6-9(7-12(8)16)17-20(18,19)13-10(14)3-2-4-11(13)15/h2-7,17H,16H2,1H3. The SMILES string of the molecule is Cc1ccc(NS(=O)(=O)c2c(Cl)cccc2Cl)cc1N. The molecule has 0 aliphatic carbocycles. The van der Waals surface area contributed by atoms with Crippen molar-refractivity contribution >= 4 is 44.6 Å². The number of sulfonamides is 1. The van der Waals surface area contributed by atoms with Gasteiger partial charge in [0, 0.05) is 5.69 Å². The Morgan fingerprint density at radius 2 is 1.70 bits per heavy atom. The highest BCUT2D eigenvalue weighted by molar-refractivity contribution is 7.93. The third kappa shape index (κ3) is 3.00. The molecule has 0 amide bonds. The van der Waals surface area contributed by atoms with Crippen molar-refractivity contribution in [2.24, 2.45) is 0 Å². The molecule has 20 heavy (non-hydrogen) atoms. The highest BCUT2D eigenvalue weighted by atomic mass is 35.5. The normalized spacial score (nSPS) is 11.3. The Morgan fingerprint density at radius 3 is 2.25 bits per heavy atom. The summed E-state index contributed by atoms with van der Waals surface area (Å²) in [4.78, 5) is -0.150. The van der Waals surface area contributed by atoms with Crippen molar-refractivity contribution in [1.29, 1.82) is 0 Å². The highest BCUT2D eigenvalue weighted by Crippen LogP contribution is 2.30. The van der Waals surface area contributed by atoms with E-state index in [1.54, 1.807) is 18.2 Å². The second-order valence-corrected chi connectivity index (χ2v) is 6.66. The molecule has 0 radical (unpaired) electrons. The van der Waals surface area contributed by atoms with Crippen molar-refractivity contribution in [3.05, 3.63) is 52.0 Å². The quantitative estimate of drug-likeness (QED) is 0.843. The lowest BCUT2D eigenvalue weighted by Gasteiger charge is -2.12. The fourth-order valence-corrected chi connectivity index (χ4v) is 3.85. The van der Waals surface area contributed by atoms with E-state index in [1.165, 1.54) is 18.2 Å². The van der Waals surface area contributed by atoms with E-state index in [1.807, 2.05) is 6.92 Å². The fourth-order valence-electron chi connectivity index (χ4n) is 1.65. The number of hydrogen-bond acceptors (Lipinski definition) is 3. The van der Waals surface area contributed by atoms with Crippen molar-refractivity contribution in [2.75, 3.05) is 10.5 Å². The summed E-state index contributed by atoms with van der Waals surface area (Å²) >= 11 is 11.8. The number of anilines is 2. The molecule has 0 saturated carbocycles. The first-order chi connectivity index (χ1) is 9.31. The Hall–Kier alpha value is -1.43. The van der Waals surface area contributed by atoms with Crippen molar-refractivity contribution in [3.63, 3.8) is 0 Å². The van der Waals surface area contributed by atoms with Crippen molar-refractivity contribution < 1.29 is 8.42 Å². The van der Waals surface area contributed by atoms with Crippen LogP contribution in [0.25, 0.3) is 0 Å². The Labute approximate surface area is 127 Å².